The summed E-state index contributed by atoms with van der Waals surface area (Å²) < 4.78 is 0. The second-order valence-corrected chi connectivity index (χ2v) is 7.21. The van der Waals surface area contributed by atoms with Crippen LogP contribution in [0.5, 0.6) is 0 Å². The van der Waals surface area contributed by atoms with Gasteiger partial charge in [-0.25, -0.2) is 0 Å². The second-order valence-electron chi connectivity index (χ2n) is 6.11. The predicted molar refractivity (Wildman–Crippen MR) is 86.4 cm³/mol. The van der Waals surface area contributed by atoms with E-state index in [0.717, 1.165) is 24.8 Å². The number of hydrogen-bond donors (Lipinski definition) is 2. The molecule has 0 radical (unpaired) electrons. The first-order valence-corrected chi connectivity index (χ1v) is 8.45. The summed E-state index contributed by atoms with van der Waals surface area (Å²) in [4.78, 5) is 13.4. The summed E-state index contributed by atoms with van der Waals surface area (Å²) in [5.41, 5.74) is 7.72. The third kappa shape index (κ3) is 3.84. The van der Waals surface area contributed by atoms with Crippen LogP contribution in [0.4, 0.5) is 5.00 Å². The number of nitrogens with zero attached hydrogens (tertiary/aromatic N) is 1. The molecule has 2 rings (SSSR count). The first kappa shape index (κ1) is 16.0. The molecule has 114 valence electrons. The van der Waals surface area contributed by atoms with Crippen molar-refractivity contribution in [1.29, 1.82) is 5.26 Å². The zero-order chi connectivity index (χ0) is 15.4. The Labute approximate surface area is 130 Å². The summed E-state index contributed by atoms with van der Waals surface area (Å²) in [6, 6.07) is 1.76. The lowest BCUT2D eigenvalue weighted by Gasteiger charge is -2.13. The van der Waals surface area contributed by atoms with Gasteiger partial charge >= 0.3 is 0 Å². The first-order chi connectivity index (χ1) is 10.0. The monoisotopic (exact) mass is 305 g/mol. The summed E-state index contributed by atoms with van der Waals surface area (Å²) in [5.74, 6) is 0.192. The number of rotatable bonds is 4. The smallest absolute Gasteiger partial charge is 0.241 e. The lowest BCUT2D eigenvalue weighted by Crippen LogP contribution is -2.36. The number of nitriles is 1. The molecule has 0 fully saturated rings. The van der Waals surface area contributed by atoms with Crippen molar-refractivity contribution in [1.82, 2.24) is 0 Å². The Morgan fingerprint density at radius 2 is 2.10 bits per heavy atom. The van der Waals surface area contributed by atoms with E-state index in [2.05, 4.69) is 11.4 Å². The third-order valence-corrected chi connectivity index (χ3v) is 5.04. The van der Waals surface area contributed by atoms with E-state index in [0.29, 0.717) is 22.9 Å². The average molecular weight is 305 g/mol. The molecule has 3 N–H and O–H groups in total. The number of hydrogen-bond acceptors (Lipinski definition) is 4. The largest absolute Gasteiger partial charge is 0.320 e. The molecule has 0 saturated heterocycles. The zero-order valence-corrected chi connectivity index (χ0v) is 13.6. The van der Waals surface area contributed by atoms with Crippen molar-refractivity contribution in [2.24, 2.45) is 11.7 Å². The van der Waals surface area contributed by atoms with Crippen LogP contribution in [0.15, 0.2) is 0 Å². The number of carbonyl (C=O) groups is 1. The summed E-state index contributed by atoms with van der Waals surface area (Å²) in [7, 11) is 0. The van der Waals surface area contributed by atoms with Crippen LogP contribution in [0.1, 0.15) is 55.5 Å². The quantitative estimate of drug-likeness (QED) is 0.838. The van der Waals surface area contributed by atoms with Gasteiger partial charge in [0.2, 0.25) is 5.91 Å². The summed E-state index contributed by atoms with van der Waals surface area (Å²) in [6.07, 6.45) is 6.12. The highest BCUT2D eigenvalue weighted by molar-refractivity contribution is 7.16. The molecule has 1 heterocycles. The van der Waals surface area contributed by atoms with Crippen molar-refractivity contribution in [2.75, 3.05) is 5.32 Å². The minimum absolute atomic E-state index is 0.184. The molecule has 5 heteroatoms. The Kier molecular flexibility index (Phi) is 5.38. The van der Waals surface area contributed by atoms with E-state index in [4.69, 9.17) is 5.73 Å². The minimum atomic E-state index is -0.515. The number of aryl methyl sites for hydroxylation is 1. The topological polar surface area (TPSA) is 78.9 Å². The zero-order valence-electron chi connectivity index (χ0n) is 12.7. The molecule has 0 saturated carbocycles. The summed E-state index contributed by atoms with van der Waals surface area (Å²) in [6.45, 7) is 4.09. The van der Waals surface area contributed by atoms with Crippen LogP contribution in [0.3, 0.4) is 0 Å². The number of carbonyl (C=O) groups excluding carboxylic acids is 1. The van der Waals surface area contributed by atoms with Gasteiger partial charge in [-0.3, -0.25) is 4.79 Å². The van der Waals surface area contributed by atoms with E-state index in [-0.39, 0.29) is 5.91 Å². The van der Waals surface area contributed by atoms with Gasteiger partial charge in [-0.05, 0) is 43.6 Å². The molecular weight excluding hydrogens is 282 g/mol. The molecular formula is C16H23N3OS. The summed E-state index contributed by atoms with van der Waals surface area (Å²) >= 11 is 1.55. The molecule has 0 bridgehead atoms. The van der Waals surface area contributed by atoms with E-state index in [1.54, 1.807) is 11.3 Å². The van der Waals surface area contributed by atoms with Crippen molar-refractivity contribution in [3.8, 4) is 6.07 Å². The number of nitrogens with two attached hydrogens (primary N) is 1. The van der Waals surface area contributed by atoms with Crippen molar-refractivity contribution in [3.63, 3.8) is 0 Å². The number of amides is 1. The molecule has 0 aromatic carbocycles. The molecule has 4 nitrogen and oxygen atoms in total. The van der Waals surface area contributed by atoms with Gasteiger partial charge in [0.15, 0.2) is 0 Å². The highest BCUT2D eigenvalue weighted by Gasteiger charge is 2.23. The van der Waals surface area contributed by atoms with Gasteiger partial charge in [-0.15, -0.1) is 11.3 Å². The van der Waals surface area contributed by atoms with Crippen molar-refractivity contribution >= 4 is 22.2 Å². The van der Waals surface area contributed by atoms with Gasteiger partial charge < -0.3 is 11.1 Å². The number of thiophene rings is 1. The van der Waals surface area contributed by atoms with Crippen molar-refractivity contribution in [3.05, 3.63) is 16.0 Å². The van der Waals surface area contributed by atoms with Gasteiger partial charge in [0, 0.05) is 4.88 Å². The van der Waals surface area contributed by atoms with Gasteiger partial charge in [0.1, 0.15) is 11.1 Å². The fourth-order valence-electron chi connectivity index (χ4n) is 2.77. The molecule has 1 atom stereocenters. The standard InChI is InChI=1S/C16H23N3OS/c1-10(2)8-13(18)15(20)19-16-12(9-17)11-6-4-3-5-7-14(11)21-16/h10,13H,3-8,18H2,1-2H3,(H,19,20). The maximum absolute atomic E-state index is 12.2. The normalized spacial score (nSPS) is 16.0. The first-order valence-electron chi connectivity index (χ1n) is 7.64. The fraction of sp³-hybridized carbons (Fsp3) is 0.625. The molecule has 21 heavy (non-hydrogen) atoms. The van der Waals surface area contributed by atoms with Crippen LogP contribution >= 0.6 is 11.3 Å². The van der Waals surface area contributed by atoms with E-state index in [1.807, 2.05) is 13.8 Å². The Bertz CT molecular complexity index is 557. The Hall–Kier alpha value is -1.38. The van der Waals surface area contributed by atoms with Crippen LogP contribution < -0.4 is 11.1 Å². The molecule has 1 unspecified atom stereocenters. The van der Waals surface area contributed by atoms with Crippen LogP contribution in [-0.4, -0.2) is 11.9 Å². The molecule has 1 aromatic rings. The fourth-order valence-corrected chi connectivity index (χ4v) is 4.01. The molecule has 1 aliphatic rings. The van der Waals surface area contributed by atoms with Crippen LogP contribution in [0, 0.1) is 17.2 Å². The molecule has 1 amide bonds. The third-order valence-electron chi connectivity index (χ3n) is 3.83. The van der Waals surface area contributed by atoms with Crippen molar-refractivity contribution < 1.29 is 4.79 Å². The summed E-state index contributed by atoms with van der Waals surface area (Å²) in [5, 5.41) is 13.0. The Morgan fingerprint density at radius 1 is 1.38 bits per heavy atom. The Morgan fingerprint density at radius 3 is 2.76 bits per heavy atom. The maximum Gasteiger partial charge on any atom is 0.241 e. The van der Waals surface area contributed by atoms with Crippen LogP contribution in [0.2, 0.25) is 0 Å². The van der Waals surface area contributed by atoms with E-state index < -0.39 is 6.04 Å². The lowest BCUT2D eigenvalue weighted by molar-refractivity contribution is -0.117. The highest BCUT2D eigenvalue weighted by atomic mass is 32.1. The lowest BCUT2D eigenvalue weighted by atomic mass is 10.0. The van der Waals surface area contributed by atoms with Gasteiger partial charge in [0.05, 0.1) is 11.6 Å². The average Bonchev–Trinajstić information content (AvgIpc) is 2.58. The number of nitrogens with one attached hydrogen (secondary N) is 1. The van der Waals surface area contributed by atoms with E-state index in [1.165, 1.54) is 17.7 Å². The van der Waals surface area contributed by atoms with Gasteiger partial charge in [-0.1, -0.05) is 20.3 Å². The number of fused-ring (bicyclic) bond motifs is 1. The molecule has 0 aliphatic heterocycles. The molecule has 1 aromatic heterocycles. The van der Waals surface area contributed by atoms with Crippen LogP contribution in [-0.2, 0) is 17.6 Å². The number of anilines is 1. The highest BCUT2D eigenvalue weighted by Crippen LogP contribution is 2.37. The SMILES string of the molecule is CC(C)CC(N)C(=O)Nc1sc2c(c1C#N)CCCCC2. The molecule has 0 spiro atoms. The van der Waals surface area contributed by atoms with Gasteiger partial charge in [-0.2, -0.15) is 5.26 Å². The van der Waals surface area contributed by atoms with Crippen molar-refractivity contribution in [2.45, 2.75) is 58.4 Å². The van der Waals surface area contributed by atoms with E-state index >= 15 is 0 Å². The predicted octanol–water partition coefficient (Wildman–Crippen LogP) is 3.20. The second kappa shape index (κ2) is 7.06. The van der Waals surface area contributed by atoms with Crippen LogP contribution in [0.25, 0.3) is 0 Å². The van der Waals surface area contributed by atoms with Gasteiger partial charge in [0.25, 0.3) is 0 Å². The molecule has 1 aliphatic carbocycles. The minimum Gasteiger partial charge on any atom is -0.320 e. The Balaban J connectivity index is 2.17. The van der Waals surface area contributed by atoms with E-state index in [9.17, 15) is 10.1 Å². The maximum atomic E-state index is 12.2.